The number of carboxylic acid groups (broad SMARTS) is 1. The van der Waals surface area contributed by atoms with Gasteiger partial charge >= 0.3 is 5.97 Å². The summed E-state index contributed by atoms with van der Waals surface area (Å²) < 4.78 is 5.29. The van der Waals surface area contributed by atoms with Crippen molar-refractivity contribution in [2.24, 2.45) is 0 Å². The molecule has 0 aromatic carbocycles. The highest BCUT2D eigenvalue weighted by atomic mass is 35.5. The van der Waals surface area contributed by atoms with Crippen LogP contribution in [0.25, 0.3) is 0 Å². The molecule has 0 bridgehead atoms. The Hall–Kier alpha value is -2.53. The summed E-state index contributed by atoms with van der Waals surface area (Å²) in [5.41, 5.74) is 0.820. The van der Waals surface area contributed by atoms with Gasteiger partial charge in [0.15, 0.2) is 0 Å². The van der Waals surface area contributed by atoms with Gasteiger partial charge in [0.2, 0.25) is 5.91 Å². The first-order valence-corrected chi connectivity index (χ1v) is 7.51. The SMILES string of the molecule is C=C(Cl)\C=C/C(=C\C)C(=C/C=C/C=C/C(=O)NC(C)C(=O)O)/OC. The summed E-state index contributed by atoms with van der Waals surface area (Å²) in [6.45, 7) is 6.82. The summed E-state index contributed by atoms with van der Waals surface area (Å²) >= 11 is 5.69. The Balaban J connectivity index is 4.80. The smallest absolute Gasteiger partial charge is 0.325 e. The van der Waals surface area contributed by atoms with E-state index in [0.717, 1.165) is 5.57 Å². The van der Waals surface area contributed by atoms with Crippen molar-refractivity contribution in [3.05, 3.63) is 71.6 Å². The molecule has 0 aliphatic rings. The Morgan fingerprint density at radius 1 is 1.21 bits per heavy atom. The number of rotatable bonds is 9. The molecule has 0 spiro atoms. The third kappa shape index (κ3) is 9.48. The number of amides is 1. The normalized spacial score (nSPS) is 14.3. The van der Waals surface area contributed by atoms with Gasteiger partial charge in [-0.05, 0) is 26.0 Å². The van der Waals surface area contributed by atoms with Crippen molar-refractivity contribution in [3.8, 4) is 0 Å². The topological polar surface area (TPSA) is 75.6 Å². The van der Waals surface area contributed by atoms with Crippen LogP contribution in [0.4, 0.5) is 0 Å². The molecule has 5 nitrogen and oxygen atoms in total. The van der Waals surface area contributed by atoms with E-state index in [1.54, 1.807) is 37.5 Å². The highest BCUT2D eigenvalue weighted by molar-refractivity contribution is 6.30. The number of hydrogen-bond acceptors (Lipinski definition) is 3. The minimum absolute atomic E-state index is 0.407. The first-order chi connectivity index (χ1) is 11.3. The third-order valence-electron chi connectivity index (χ3n) is 2.71. The van der Waals surface area contributed by atoms with Crippen molar-refractivity contribution in [1.82, 2.24) is 5.32 Å². The summed E-state index contributed by atoms with van der Waals surface area (Å²) in [5.74, 6) is -0.963. The summed E-state index contributed by atoms with van der Waals surface area (Å²) in [6.07, 6.45) is 13.1. The van der Waals surface area contributed by atoms with E-state index in [2.05, 4.69) is 11.9 Å². The van der Waals surface area contributed by atoms with Crippen LogP contribution >= 0.6 is 11.6 Å². The molecule has 6 heteroatoms. The minimum Gasteiger partial charge on any atom is -0.496 e. The van der Waals surface area contributed by atoms with Crippen LogP contribution in [0.15, 0.2) is 71.6 Å². The number of carboxylic acids is 1. The maximum absolute atomic E-state index is 11.4. The quantitative estimate of drug-likeness (QED) is 0.379. The molecule has 130 valence electrons. The maximum Gasteiger partial charge on any atom is 0.325 e. The number of carbonyl (C=O) groups excluding carboxylic acids is 1. The summed E-state index contributed by atoms with van der Waals surface area (Å²) in [6, 6.07) is -0.938. The fourth-order valence-electron chi connectivity index (χ4n) is 1.46. The van der Waals surface area contributed by atoms with Crippen molar-refractivity contribution in [2.75, 3.05) is 7.11 Å². The van der Waals surface area contributed by atoms with E-state index in [-0.39, 0.29) is 0 Å². The lowest BCUT2D eigenvalue weighted by atomic mass is 10.1. The molecule has 0 saturated carbocycles. The molecule has 0 saturated heterocycles. The molecule has 1 unspecified atom stereocenters. The molecule has 0 aromatic rings. The molecule has 0 aliphatic heterocycles. The Kier molecular flexibility index (Phi) is 10.7. The van der Waals surface area contributed by atoms with E-state index in [1.807, 2.05) is 13.0 Å². The fraction of sp³-hybridized carbons (Fsp3) is 0.222. The number of methoxy groups -OCH3 is 1. The van der Waals surface area contributed by atoms with Crippen LogP contribution in [0.1, 0.15) is 13.8 Å². The second kappa shape index (κ2) is 12.0. The van der Waals surface area contributed by atoms with Gasteiger partial charge < -0.3 is 15.2 Å². The van der Waals surface area contributed by atoms with Gasteiger partial charge in [0.1, 0.15) is 11.8 Å². The standard InChI is InChI=1S/C18H22ClNO4/c1-5-15(12-11-13(2)19)16(24-4)9-7-6-8-10-17(21)20-14(3)18(22)23/h5-12,14H,2H2,1,3-4H3,(H,20,21)(H,22,23)/b7-6+,10-8+,12-11-,15-5+,16-9-. The number of aliphatic carboxylic acids is 1. The first-order valence-electron chi connectivity index (χ1n) is 7.13. The van der Waals surface area contributed by atoms with E-state index in [0.29, 0.717) is 10.8 Å². The average molecular weight is 352 g/mol. The molecule has 0 aromatic heterocycles. The highest BCUT2D eigenvalue weighted by Crippen LogP contribution is 2.14. The van der Waals surface area contributed by atoms with Crippen molar-refractivity contribution in [2.45, 2.75) is 19.9 Å². The van der Waals surface area contributed by atoms with Crippen molar-refractivity contribution in [1.29, 1.82) is 0 Å². The lowest BCUT2D eigenvalue weighted by molar-refractivity contribution is -0.140. The first kappa shape index (κ1) is 21.5. The monoisotopic (exact) mass is 351 g/mol. The second-order valence-corrected chi connectivity index (χ2v) is 5.06. The predicted molar refractivity (Wildman–Crippen MR) is 96.5 cm³/mol. The van der Waals surface area contributed by atoms with Crippen molar-refractivity contribution >= 4 is 23.5 Å². The van der Waals surface area contributed by atoms with Crippen LogP contribution in [0, 0.1) is 0 Å². The Morgan fingerprint density at radius 2 is 1.88 bits per heavy atom. The van der Waals surface area contributed by atoms with Gasteiger partial charge in [0.05, 0.1) is 7.11 Å². The van der Waals surface area contributed by atoms with Gasteiger partial charge in [0, 0.05) is 16.7 Å². The molecular formula is C18H22ClNO4. The van der Waals surface area contributed by atoms with Crippen LogP contribution in [0.3, 0.4) is 0 Å². The number of ether oxygens (including phenoxy) is 1. The molecule has 0 fully saturated rings. The zero-order valence-corrected chi connectivity index (χ0v) is 14.7. The Labute approximate surface area is 147 Å². The lowest BCUT2D eigenvalue weighted by Crippen LogP contribution is -2.37. The fourth-order valence-corrected chi connectivity index (χ4v) is 1.52. The van der Waals surface area contributed by atoms with Crippen LogP contribution in [-0.4, -0.2) is 30.1 Å². The van der Waals surface area contributed by atoms with Gasteiger partial charge in [-0.3, -0.25) is 9.59 Å². The molecule has 0 heterocycles. The largest absolute Gasteiger partial charge is 0.496 e. The van der Waals surface area contributed by atoms with Gasteiger partial charge in [-0.25, -0.2) is 0 Å². The number of hydrogen-bond donors (Lipinski definition) is 2. The van der Waals surface area contributed by atoms with E-state index in [4.69, 9.17) is 21.4 Å². The third-order valence-corrected chi connectivity index (χ3v) is 2.83. The van der Waals surface area contributed by atoms with Crippen molar-refractivity contribution in [3.63, 3.8) is 0 Å². The summed E-state index contributed by atoms with van der Waals surface area (Å²) in [7, 11) is 1.54. The van der Waals surface area contributed by atoms with Crippen molar-refractivity contribution < 1.29 is 19.4 Å². The highest BCUT2D eigenvalue weighted by Gasteiger charge is 2.11. The minimum atomic E-state index is -1.09. The van der Waals surface area contributed by atoms with E-state index >= 15 is 0 Å². The average Bonchev–Trinajstić information content (AvgIpc) is 2.52. The number of allylic oxidation sites excluding steroid dienone is 8. The van der Waals surface area contributed by atoms with Crippen LogP contribution in [0.5, 0.6) is 0 Å². The number of carbonyl (C=O) groups is 2. The zero-order valence-electron chi connectivity index (χ0n) is 14.0. The van der Waals surface area contributed by atoms with Crippen LogP contribution in [0.2, 0.25) is 0 Å². The van der Waals surface area contributed by atoms with Gasteiger partial charge in [-0.15, -0.1) is 0 Å². The van der Waals surface area contributed by atoms with Gasteiger partial charge in [-0.1, -0.05) is 48.6 Å². The number of nitrogens with one attached hydrogen (secondary N) is 1. The number of halogens is 1. The second-order valence-electron chi connectivity index (χ2n) is 4.57. The Morgan fingerprint density at radius 3 is 2.38 bits per heavy atom. The summed E-state index contributed by atoms with van der Waals surface area (Å²) in [4.78, 5) is 22.0. The molecule has 2 N–H and O–H groups in total. The molecule has 1 amide bonds. The molecule has 0 rings (SSSR count). The van der Waals surface area contributed by atoms with Gasteiger partial charge in [0.25, 0.3) is 0 Å². The van der Waals surface area contributed by atoms with Crippen LogP contribution in [-0.2, 0) is 14.3 Å². The molecule has 0 aliphatic carbocycles. The molecule has 0 radical (unpaired) electrons. The zero-order chi connectivity index (χ0) is 18.5. The molecular weight excluding hydrogens is 330 g/mol. The predicted octanol–water partition coefficient (Wildman–Crippen LogP) is 3.47. The van der Waals surface area contributed by atoms with Crippen LogP contribution < -0.4 is 5.32 Å². The van der Waals surface area contributed by atoms with E-state index in [9.17, 15) is 9.59 Å². The Bertz CT molecular complexity index is 613. The lowest BCUT2D eigenvalue weighted by Gasteiger charge is -2.06. The molecule has 24 heavy (non-hydrogen) atoms. The molecule has 1 atom stereocenters. The summed E-state index contributed by atoms with van der Waals surface area (Å²) in [5, 5.41) is 11.4. The van der Waals surface area contributed by atoms with E-state index in [1.165, 1.54) is 19.1 Å². The maximum atomic E-state index is 11.4. The van der Waals surface area contributed by atoms with Gasteiger partial charge in [-0.2, -0.15) is 0 Å². The van der Waals surface area contributed by atoms with E-state index < -0.39 is 17.9 Å².